The first-order valence-corrected chi connectivity index (χ1v) is 7.68. The highest BCUT2D eigenvalue weighted by Gasteiger charge is 2.26. The molecule has 0 spiro atoms. The van der Waals surface area contributed by atoms with Crippen LogP contribution in [0.25, 0.3) is 0 Å². The van der Waals surface area contributed by atoms with Crippen molar-refractivity contribution in [3.05, 3.63) is 29.8 Å². The van der Waals surface area contributed by atoms with Crippen LogP contribution in [0.15, 0.2) is 24.3 Å². The molecule has 20 heavy (non-hydrogen) atoms. The number of morpholine rings is 1. The van der Waals surface area contributed by atoms with Crippen molar-refractivity contribution < 1.29 is 4.74 Å². The lowest BCUT2D eigenvalue weighted by Gasteiger charge is -2.39. The summed E-state index contributed by atoms with van der Waals surface area (Å²) >= 11 is 0. The molecular weight excluding hydrogens is 250 g/mol. The maximum absolute atomic E-state index is 6.21. The molecule has 4 nitrogen and oxygen atoms in total. The average molecular weight is 275 g/mol. The van der Waals surface area contributed by atoms with E-state index in [1.807, 2.05) is 0 Å². The number of benzene rings is 1. The number of hydrogen-bond acceptors (Lipinski definition) is 4. The second kappa shape index (κ2) is 6.12. The van der Waals surface area contributed by atoms with Gasteiger partial charge < -0.3 is 15.4 Å². The minimum atomic E-state index is 0.232. The molecule has 2 heterocycles. The molecule has 4 heteroatoms. The number of fused-ring (bicyclic) bond motifs is 1. The van der Waals surface area contributed by atoms with Gasteiger partial charge in [0.2, 0.25) is 0 Å². The van der Waals surface area contributed by atoms with Gasteiger partial charge >= 0.3 is 0 Å². The standard InChI is InChI=1S/C16H25N3O/c1-2-18-7-8-20-15(11-18)12-19-10-14(17)9-13-5-3-4-6-16(13)19/h3-6,14-15H,2,7-12,17H2,1H3. The molecule has 2 unspecified atom stereocenters. The van der Waals surface area contributed by atoms with Crippen LogP contribution in [0.3, 0.4) is 0 Å². The SMILES string of the molecule is CCN1CCOC(CN2CC(N)Cc3ccccc32)C1. The molecule has 0 aliphatic carbocycles. The number of ether oxygens (including phenoxy) is 1. The van der Waals surface area contributed by atoms with Crippen molar-refractivity contribution in [2.45, 2.75) is 25.5 Å². The van der Waals surface area contributed by atoms with E-state index in [0.717, 1.165) is 45.8 Å². The van der Waals surface area contributed by atoms with Crippen LogP contribution >= 0.6 is 0 Å². The Morgan fingerprint density at radius 2 is 2.15 bits per heavy atom. The van der Waals surface area contributed by atoms with Crippen molar-refractivity contribution in [1.29, 1.82) is 0 Å². The lowest BCUT2D eigenvalue weighted by molar-refractivity contribution is -0.0222. The zero-order valence-corrected chi connectivity index (χ0v) is 12.3. The van der Waals surface area contributed by atoms with Gasteiger partial charge in [-0.05, 0) is 24.6 Å². The number of anilines is 1. The van der Waals surface area contributed by atoms with E-state index in [0.29, 0.717) is 6.10 Å². The minimum absolute atomic E-state index is 0.232. The van der Waals surface area contributed by atoms with Crippen LogP contribution in [-0.2, 0) is 11.2 Å². The van der Waals surface area contributed by atoms with Crippen molar-refractivity contribution in [3.8, 4) is 0 Å². The van der Waals surface area contributed by atoms with Crippen molar-refractivity contribution >= 4 is 5.69 Å². The first-order valence-electron chi connectivity index (χ1n) is 7.68. The Balaban J connectivity index is 1.71. The van der Waals surface area contributed by atoms with Gasteiger partial charge in [-0.1, -0.05) is 25.1 Å². The Hall–Kier alpha value is -1.10. The number of para-hydroxylation sites is 1. The Labute approximate surface area is 121 Å². The van der Waals surface area contributed by atoms with E-state index in [1.54, 1.807) is 0 Å². The second-order valence-corrected chi connectivity index (χ2v) is 5.88. The first-order chi connectivity index (χ1) is 9.76. The Kier molecular flexibility index (Phi) is 4.24. The molecule has 1 aromatic rings. The topological polar surface area (TPSA) is 41.7 Å². The maximum atomic E-state index is 6.21. The maximum Gasteiger partial charge on any atom is 0.0877 e. The highest BCUT2D eigenvalue weighted by atomic mass is 16.5. The molecule has 0 aromatic heterocycles. The van der Waals surface area contributed by atoms with Gasteiger partial charge in [0.15, 0.2) is 0 Å². The van der Waals surface area contributed by atoms with E-state index in [1.165, 1.54) is 11.3 Å². The summed E-state index contributed by atoms with van der Waals surface area (Å²) < 4.78 is 5.94. The zero-order valence-electron chi connectivity index (χ0n) is 12.3. The van der Waals surface area contributed by atoms with Gasteiger partial charge in [0.25, 0.3) is 0 Å². The number of likely N-dealkylation sites (N-methyl/N-ethyl adjacent to an activating group) is 1. The van der Waals surface area contributed by atoms with E-state index >= 15 is 0 Å². The zero-order chi connectivity index (χ0) is 13.9. The number of nitrogens with two attached hydrogens (primary N) is 1. The largest absolute Gasteiger partial charge is 0.374 e. The number of nitrogens with zero attached hydrogens (tertiary/aromatic N) is 2. The van der Waals surface area contributed by atoms with Crippen molar-refractivity contribution in [3.63, 3.8) is 0 Å². The third-order valence-corrected chi connectivity index (χ3v) is 4.36. The molecule has 1 fully saturated rings. The molecule has 0 bridgehead atoms. The molecule has 0 amide bonds. The summed E-state index contributed by atoms with van der Waals surface area (Å²) in [6.45, 7) is 8.14. The van der Waals surface area contributed by atoms with Crippen LogP contribution in [0.2, 0.25) is 0 Å². The molecule has 2 atom stereocenters. The van der Waals surface area contributed by atoms with Crippen molar-refractivity contribution in [2.24, 2.45) is 5.73 Å². The molecule has 0 saturated carbocycles. The Morgan fingerprint density at radius 1 is 1.30 bits per heavy atom. The molecule has 2 aliphatic rings. The summed E-state index contributed by atoms with van der Waals surface area (Å²) in [7, 11) is 0. The molecule has 1 aromatic carbocycles. The number of rotatable bonds is 3. The van der Waals surface area contributed by atoms with Crippen LogP contribution < -0.4 is 10.6 Å². The van der Waals surface area contributed by atoms with Crippen molar-refractivity contribution in [2.75, 3.05) is 44.2 Å². The lowest BCUT2D eigenvalue weighted by Crippen LogP contribution is -2.51. The quantitative estimate of drug-likeness (QED) is 0.897. The van der Waals surface area contributed by atoms with Gasteiger partial charge in [-0.25, -0.2) is 0 Å². The fraction of sp³-hybridized carbons (Fsp3) is 0.625. The Morgan fingerprint density at radius 3 is 3.00 bits per heavy atom. The van der Waals surface area contributed by atoms with Gasteiger partial charge in [0.05, 0.1) is 12.7 Å². The fourth-order valence-corrected chi connectivity index (χ4v) is 3.32. The summed E-state index contributed by atoms with van der Waals surface area (Å²) in [6, 6.07) is 8.85. The van der Waals surface area contributed by atoms with E-state index in [-0.39, 0.29) is 6.04 Å². The molecule has 110 valence electrons. The Bertz CT molecular complexity index is 451. The van der Waals surface area contributed by atoms with Crippen LogP contribution in [0.1, 0.15) is 12.5 Å². The average Bonchev–Trinajstić information content (AvgIpc) is 2.47. The van der Waals surface area contributed by atoms with Crippen molar-refractivity contribution in [1.82, 2.24) is 4.90 Å². The van der Waals surface area contributed by atoms with E-state index in [4.69, 9.17) is 10.5 Å². The predicted octanol–water partition coefficient (Wildman–Crippen LogP) is 1.10. The molecule has 2 aliphatic heterocycles. The summed E-state index contributed by atoms with van der Waals surface area (Å²) in [6.07, 6.45) is 1.28. The third-order valence-electron chi connectivity index (χ3n) is 4.36. The molecule has 1 saturated heterocycles. The van der Waals surface area contributed by atoms with Gasteiger partial charge in [-0.3, -0.25) is 4.90 Å². The van der Waals surface area contributed by atoms with Gasteiger partial charge in [-0.15, -0.1) is 0 Å². The smallest absolute Gasteiger partial charge is 0.0877 e. The van der Waals surface area contributed by atoms with E-state index in [2.05, 4.69) is 41.0 Å². The number of hydrogen-bond donors (Lipinski definition) is 1. The fourth-order valence-electron chi connectivity index (χ4n) is 3.32. The van der Waals surface area contributed by atoms with Crippen LogP contribution in [0, 0.1) is 0 Å². The highest BCUT2D eigenvalue weighted by Crippen LogP contribution is 2.27. The normalized spacial score (nSPS) is 27.4. The third kappa shape index (κ3) is 2.97. The summed E-state index contributed by atoms with van der Waals surface area (Å²) in [5.74, 6) is 0. The summed E-state index contributed by atoms with van der Waals surface area (Å²) in [5.41, 5.74) is 8.91. The summed E-state index contributed by atoms with van der Waals surface area (Å²) in [5, 5.41) is 0. The minimum Gasteiger partial charge on any atom is -0.374 e. The van der Waals surface area contributed by atoms with Gasteiger partial charge in [0, 0.05) is 37.9 Å². The van der Waals surface area contributed by atoms with Crippen LogP contribution in [0.5, 0.6) is 0 Å². The molecule has 2 N–H and O–H groups in total. The molecule has 0 radical (unpaired) electrons. The van der Waals surface area contributed by atoms with E-state index in [9.17, 15) is 0 Å². The molecule has 3 rings (SSSR count). The second-order valence-electron chi connectivity index (χ2n) is 5.88. The first kappa shape index (κ1) is 13.9. The van der Waals surface area contributed by atoms with Crippen LogP contribution in [-0.4, -0.2) is 56.4 Å². The highest BCUT2D eigenvalue weighted by molar-refractivity contribution is 5.56. The predicted molar refractivity (Wildman–Crippen MR) is 82.2 cm³/mol. The lowest BCUT2D eigenvalue weighted by atomic mass is 9.98. The summed E-state index contributed by atoms with van der Waals surface area (Å²) in [4.78, 5) is 4.87. The monoisotopic (exact) mass is 275 g/mol. The molecular formula is C16H25N3O. The van der Waals surface area contributed by atoms with Gasteiger partial charge in [-0.2, -0.15) is 0 Å². The van der Waals surface area contributed by atoms with E-state index < -0.39 is 0 Å². The van der Waals surface area contributed by atoms with Crippen LogP contribution in [0.4, 0.5) is 5.69 Å². The van der Waals surface area contributed by atoms with Gasteiger partial charge in [0.1, 0.15) is 0 Å².